The molecule has 1 heterocycles. The van der Waals surface area contributed by atoms with Crippen molar-refractivity contribution in [1.82, 2.24) is 4.98 Å². The Hall–Kier alpha value is -2.04. The number of methoxy groups -OCH3 is 2. The third-order valence-electron chi connectivity index (χ3n) is 2.64. The Bertz CT molecular complexity index is 631. The zero-order valence-corrected chi connectivity index (χ0v) is 10.8. The summed E-state index contributed by atoms with van der Waals surface area (Å²) in [5.74, 6) is 1.49. The third kappa shape index (κ3) is 2.03. The predicted molar refractivity (Wildman–Crippen MR) is 67.5 cm³/mol. The molecule has 1 aromatic carbocycles. The minimum atomic E-state index is -0.412. The predicted octanol–water partition coefficient (Wildman–Crippen LogP) is 2.33. The van der Waals surface area contributed by atoms with E-state index in [9.17, 15) is 4.79 Å². The van der Waals surface area contributed by atoms with Crippen molar-refractivity contribution in [1.29, 1.82) is 0 Å². The van der Waals surface area contributed by atoms with Crippen LogP contribution in [0.15, 0.2) is 21.3 Å². The second-order valence-electron chi connectivity index (χ2n) is 4.22. The highest BCUT2D eigenvalue weighted by Gasteiger charge is 2.13. The van der Waals surface area contributed by atoms with Crippen molar-refractivity contribution in [2.24, 2.45) is 0 Å². The summed E-state index contributed by atoms with van der Waals surface area (Å²) in [6, 6.07) is 3.26. The van der Waals surface area contributed by atoms with E-state index in [0.717, 1.165) is 0 Å². The zero-order chi connectivity index (χ0) is 13.3. The number of hydrogen-bond acceptors (Lipinski definition) is 5. The molecule has 0 atom stereocenters. The average Bonchev–Trinajstić information content (AvgIpc) is 2.36. The first-order chi connectivity index (χ1) is 8.56. The molecular formula is C13H15NO4. The number of hydrogen-bond donors (Lipinski definition) is 0. The molecule has 0 N–H and O–H groups in total. The summed E-state index contributed by atoms with van der Waals surface area (Å²) >= 11 is 0. The van der Waals surface area contributed by atoms with Crippen molar-refractivity contribution in [2.75, 3.05) is 14.2 Å². The minimum Gasteiger partial charge on any atom is -0.493 e. The van der Waals surface area contributed by atoms with Crippen LogP contribution in [-0.4, -0.2) is 19.2 Å². The fourth-order valence-corrected chi connectivity index (χ4v) is 1.66. The van der Waals surface area contributed by atoms with Crippen LogP contribution in [0.3, 0.4) is 0 Å². The Labute approximate surface area is 104 Å². The van der Waals surface area contributed by atoms with E-state index < -0.39 is 5.63 Å². The lowest BCUT2D eigenvalue weighted by Crippen LogP contribution is -2.07. The number of nitrogens with zero attached hydrogens (tertiary/aromatic N) is 1. The molecule has 0 amide bonds. The monoisotopic (exact) mass is 249 g/mol. The molecular weight excluding hydrogens is 234 g/mol. The van der Waals surface area contributed by atoms with Gasteiger partial charge in [-0.2, -0.15) is 0 Å². The molecule has 0 saturated carbocycles. The van der Waals surface area contributed by atoms with Crippen LogP contribution in [0.25, 0.3) is 10.9 Å². The molecule has 0 spiro atoms. The summed E-state index contributed by atoms with van der Waals surface area (Å²) in [5.41, 5.74) is 0.136. The fourth-order valence-electron chi connectivity index (χ4n) is 1.66. The second-order valence-corrected chi connectivity index (χ2v) is 4.22. The Balaban J connectivity index is 2.76. The van der Waals surface area contributed by atoms with Crippen LogP contribution in [0.2, 0.25) is 0 Å². The molecule has 96 valence electrons. The van der Waals surface area contributed by atoms with Crippen LogP contribution in [0.5, 0.6) is 11.5 Å². The number of ether oxygens (including phenoxy) is 2. The highest BCUT2D eigenvalue weighted by atomic mass is 16.5. The maximum absolute atomic E-state index is 11.9. The van der Waals surface area contributed by atoms with Gasteiger partial charge in [0.25, 0.3) is 0 Å². The van der Waals surface area contributed by atoms with Gasteiger partial charge in [0.05, 0.1) is 25.1 Å². The first-order valence-corrected chi connectivity index (χ1v) is 5.63. The first kappa shape index (κ1) is 12.4. The van der Waals surface area contributed by atoms with Crippen LogP contribution in [0.4, 0.5) is 0 Å². The van der Waals surface area contributed by atoms with Gasteiger partial charge in [-0.3, -0.25) is 0 Å². The van der Waals surface area contributed by atoms with E-state index in [-0.39, 0.29) is 5.92 Å². The van der Waals surface area contributed by atoms with Crippen LogP contribution in [0, 0.1) is 0 Å². The molecule has 0 aliphatic carbocycles. The number of fused-ring (bicyclic) bond motifs is 1. The largest absolute Gasteiger partial charge is 0.493 e. The molecule has 0 aliphatic rings. The fraction of sp³-hybridized carbons (Fsp3) is 0.385. The van der Waals surface area contributed by atoms with Crippen LogP contribution >= 0.6 is 0 Å². The van der Waals surface area contributed by atoms with Gasteiger partial charge in [-0.05, 0) is 0 Å². The maximum Gasteiger partial charge on any atom is 0.346 e. The molecule has 0 unspecified atom stereocenters. The van der Waals surface area contributed by atoms with Crippen LogP contribution < -0.4 is 15.1 Å². The molecule has 0 saturated heterocycles. The lowest BCUT2D eigenvalue weighted by molar-refractivity contribution is 0.355. The molecule has 5 nitrogen and oxygen atoms in total. The first-order valence-electron chi connectivity index (χ1n) is 5.63. The van der Waals surface area contributed by atoms with Crippen molar-refractivity contribution in [3.05, 3.63) is 28.4 Å². The van der Waals surface area contributed by atoms with Gasteiger partial charge in [0.1, 0.15) is 0 Å². The van der Waals surface area contributed by atoms with E-state index in [1.807, 2.05) is 13.8 Å². The van der Waals surface area contributed by atoms with Crippen molar-refractivity contribution in [2.45, 2.75) is 19.8 Å². The topological polar surface area (TPSA) is 61.6 Å². The summed E-state index contributed by atoms with van der Waals surface area (Å²) in [7, 11) is 3.06. The number of aromatic nitrogens is 1. The second kappa shape index (κ2) is 4.68. The third-order valence-corrected chi connectivity index (χ3v) is 2.64. The standard InChI is InChI=1S/C13H15NO4/c1-7(2)12-14-9-6-11(17-4)10(16-3)5-8(9)13(15)18-12/h5-7H,1-4H3. The van der Waals surface area contributed by atoms with E-state index in [0.29, 0.717) is 28.3 Å². The summed E-state index contributed by atoms with van der Waals surface area (Å²) in [6.07, 6.45) is 0. The van der Waals surface area contributed by atoms with Gasteiger partial charge < -0.3 is 13.9 Å². The minimum absolute atomic E-state index is 0.0511. The molecule has 0 aliphatic heterocycles. The van der Waals surface area contributed by atoms with Crippen molar-refractivity contribution in [3.63, 3.8) is 0 Å². The molecule has 5 heteroatoms. The normalized spacial score (nSPS) is 10.9. The van der Waals surface area contributed by atoms with E-state index >= 15 is 0 Å². The molecule has 0 bridgehead atoms. The summed E-state index contributed by atoms with van der Waals surface area (Å²) in [6.45, 7) is 3.83. The van der Waals surface area contributed by atoms with E-state index in [4.69, 9.17) is 13.9 Å². The van der Waals surface area contributed by atoms with Gasteiger partial charge in [0.2, 0.25) is 5.89 Å². The Morgan fingerprint density at radius 3 is 2.33 bits per heavy atom. The highest BCUT2D eigenvalue weighted by molar-refractivity contribution is 5.81. The van der Waals surface area contributed by atoms with Crippen molar-refractivity contribution < 1.29 is 13.9 Å². The maximum atomic E-state index is 11.9. The molecule has 2 aromatic rings. The summed E-state index contributed by atoms with van der Waals surface area (Å²) < 4.78 is 15.5. The smallest absolute Gasteiger partial charge is 0.346 e. The Kier molecular flexibility index (Phi) is 3.23. The van der Waals surface area contributed by atoms with Crippen LogP contribution in [-0.2, 0) is 0 Å². The van der Waals surface area contributed by atoms with Crippen molar-refractivity contribution >= 4 is 10.9 Å². The quantitative estimate of drug-likeness (QED) is 0.835. The van der Waals surface area contributed by atoms with E-state index in [2.05, 4.69) is 4.98 Å². The van der Waals surface area contributed by atoms with Gasteiger partial charge in [0, 0.05) is 18.1 Å². The molecule has 18 heavy (non-hydrogen) atoms. The van der Waals surface area contributed by atoms with Gasteiger partial charge in [-0.15, -0.1) is 0 Å². The molecule has 1 aromatic heterocycles. The Morgan fingerprint density at radius 2 is 1.78 bits per heavy atom. The molecule has 0 fully saturated rings. The average molecular weight is 249 g/mol. The number of benzene rings is 1. The lowest BCUT2D eigenvalue weighted by atomic mass is 10.2. The lowest BCUT2D eigenvalue weighted by Gasteiger charge is -2.09. The van der Waals surface area contributed by atoms with Gasteiger partial charge in [-0.1, -0.05) is 13.8 Å². The summed E-state index contributed by atoms with van der Waals surface area (Å²) in [5, 5.41) is 0.386. The van der Waals surface area contributed by atoms with E-state index in [1.165, 1.54) is 7.11 Å². The van der Waals surface area contributed by atoms with E-state index in [1.54, 1.807) is 19.2 Å². The van der Waals surface area contributed by atoms with Gasteiger partial charge in [0.15, 0.2) is 11.5 Å². The van der Waals surface area contributed by atoms with Crippen LogP contribution in [0.1, 0.15) is 25.7 Å². The zero-order valence-electron chi connectivity index (χ0n) is 10.8. The van der Waals surface area contributed by atoms with Gasteiger partial charge >= 0.3 is 5.63 Å². The van der Waals surface area contributed by atoms with Crippen molar-refractivity contribution in [3.8, 4) is 11.5 Å². The Morgan fingerprint density at radius 1 is 1.17 bits per heavy atom. The summed E-state index contributed by atoms with van der Waals surface area (Å²) in [4.78, 5) is 16.2. The number of rotatable bonds is 3. The molecule has 2 rings (SSSR count). The molecule has 0 radical (unpaired) electrons. The highest BCUT2D eigenvalue weighted by Crippen LogP contribution is 2.30. The van der Waals surface area contributed by atoms with Gasteiger partial charge in [-0.25, -0.2) is 9.78 Å². The SMILES string of the molecule is COc1cc2nc(C(C)C)oc(=O)c2cc1OC.